The van der Waals surface area contributed by atoms with Crippen LogP contribution in [0.3, 0.4) is 0 Å². The van der Waals surface area contributed by atoms with Crippen LogP contribution in [0.5, 0.6) is 0 Å². The molecule has 0 aromatic heterocycles. The molecular weight excluding hydrogens is 290 g/mol. The van der Waals surface area contributed by atoms with Crippen LogP contribution in [0.2, 0.25) is 0 Å². The van der Waals surface area contributed by atoms with Gasteiger partial charge in [0.2, 0.25) is 10.0 Å². The number of carbonyl (C=O) groups excluding carboxylic acids is 1. The molecule has 3 N–H and O–H groups in total. The van der Waals surface area contributed by atoms with E-state index in [0.29, 0.717) is 12.1 Å². The van der Waals surface area contributed by atoms with Crippen molar-refractivity contribution in [2.24, 2.45) is 5.14 Å². The smallest absolute Gasteiger partial charge is 0.251 e. The van der Waals surface area contributed by atoms with Crippen molar-refractivity contribution in [2.45, 2.75) is 25.2 Å². The number of nitrogens with zero attached hydrogens (tertiary/aromatic N) is 1. The Morgan fingerprint density at radius 2 is 1.81 bits per heavy atom. The average Bonchev–Trinajstić information content (AvgIpc) is 2.45. The summed E-state index contributed by atoms with van der Waals surface area (Å²) in [6.45, 7) is 7.52. The zero-order valence-electron chi connectivity index (χ0n) is 12.5. The standard InChI is InChI=1S/C14H23N3O3S/c1-3-10-17(4-2)11-9-16-14(18)12-5-7-13(8-6-12)21(15,19)20/h5-8H,3-4,9-11H2,1-2H3,(H,16,18)(H2,15,19,20). The van der Waals surface area contributed by atoms with E-state index in [4.69, 9.17) is 5.14 Å². The Bertz CT molecular complexity index is 555. The Morgan fingerprint density at radius 3 is 2.29 bits per heavy atom. The Labute approximate surface area is 126 Å². The SMILES string of the molecule is CCCN(CC)CCNC(=O)c1ccc(S(N)(=O)=O)cc1. The highest BCUT2D eigenvalue weighted by Crippen LogP contribution is 2.08. The molecule has 1 aromatic carbocycles. The Kier molecular flexibility index (Phi) is 6.80. The number of benzene rings is 1. The number of amides is 1. The van der Waals surface area contributed by atoms with Crippen molar-refractivity contribution in [1.29, 1.82) is 0 Å². The van der Waals surface area contributed by atoms with Crippen molar-refractivity contribution in [1.82, 2.24) is 10.2 Å². The number of nitrogens with two attached hydrogens (primary N) is 1. The second-order valence-electron chi connectivity index (χ2n) is 4.76. The molecular formula is C14H23N3O3S. The maximum absolute atomic E-state index is 11.9. The van der Waals surface area contributed by atoms with Crippen LogP contribution in [0.1, 0.15) is 30.6 Å². The van der Waals surface area contributed by atoms with Gasteiger partial charge in [-0.2, -0.15) is 0 Å². The van der Waals surface area contributed by atoms with Gasteiger partial charge in [-0.1, -0.05) is 13.8 Å². The fourth-order valence-electron chi connectivity index (χ4n) is 1.97. The van der Waals surface area contributed by atoms with Crippen LogP contribution in [0.25, 0.3) is 0 Å². The molecule has 21 heavy (non-hydrogen) atoms. The summed E-state index contributed by atoms with van der Waals surface area (Å²) in [6.07, 6.45) is 1.08. The Morgan fingerprint density at radius 1 is 1.19 bits per heavy atom. The summed E-state index contributed by atoms with van der Waals surface area (Å²) in [5.41, 5.74) is 0.418. The molecule has 7 heteroatoms. The molecule has 0 fully saturated rings. The quantitative estimate of drug-likeness (QED) is 0.742. The summed E-state index contributed by atoms with van der Waals surface area (Å²) < 4.78 is 22.3. The fraction of sp³-hybridized carbons (Fsp3) is 0.500. The van der Waals surface area contributed by atoms with Crippen molar-refractivity contribution in [3.63, 3.8) is 0 Å². The van der Waals surface area contributed by atoms with E-state index in [1.54, 1.807) is 0 Å². The summed E-state index contributed by atoms with van der Waals surface area (Å²) >= 11 is 0. The highest BCUT2D eigenvalue weighted by molar-refractivity contribution is 7.89. The number of sulfonamides is 1. The van der Waals surface area contributed by atoms with Crippen LogP contribution in [-0.4, -0.2) is 45.4 Å². The normalized spacial score (nSPS) is 11.6. The third-order valence-electron chi connectivity index (χ3n) is 3.15. The number of likely N-dealkylation sites (N-methyl/N-ethyl adjacent to an activating group) is 1. The molecule has 1 aromatic rings. The lowest BCUT2D eigenvalue weighted by Crippen LogP contribution is -2.35. The van der Waals surface area contributed by atoms with Crippen molar-refractivity contribution in [3.8, 4) is 0 Å². The molecule has 0 spiro atoms. The maximum Gasteiger partial charge on any atom is 0.251 e. The predicted molar refractivity (Wildman–Crippen MR) is 82.6 cm³/mol. The highest BCUT2D eigenvalue weighted by atomic mass is 32.2. The number of carbonyl (C=O) groups is 1. The van der Waals surface area contributed by atoms with Gasteiger partial charge in [-0.3, -0.25) is 4.79 Å². The van der Waals surface area contributed by atoms with E-state index in [1.165, 1.54) is 24.3 Å². The molecule has 0 saturated carbocycles. The number of nitrogens with one attached hydrogen (secondary N) is 1. The van der Waals surface area contributed by atoms with Gasteiger partial charge in [-0.25, -0.2) is 13.6 Å². The van der Waals surface area contributed by atoms with Gasteiger partial charge in [0.1, 0.15) is 0 Å². The van der Waals surface area contributed by atoms with Crippen molar-refractivity contribution >= 4 is 15.9 Å². The first-order valence-electron chi connectivity index (χ1n) is 7.02. The first-order valence-corrected chi connectivity index (χ1v) is 8.56. The van der Waals surface area contributed by atoms with Gasteiger partial charge in [-0.05, 0) is 43.8 Å². The van der Waals surface area contributed by atoms with Gasteiger partial charge < -0.3 is 10.2 Å². The molecule has 0 aliphatic carbocycles. The number of rotatable bonds is 8. The van der Waals surface area contributed by atoms with E-state index < -0.39 is 10.0 Å². The summed E-state index contributed by atoms with van der Waals surface area (Å²) in [5, 5.41) is 7.83. The van der Waals surface area contributed by atoms with E-state index in [0.717, 1.165) is 26.1 Å². The summed E-state index contributed by atoms with van der Waals surface area (Å²) in [5.74, 6) is -0.219. The van der Waals surface area contributed by atoms with Gasteiger partial charge in [0.15, 0.2) is 0 Å². The first-order chi connectivity index (χ1) is 9.88. The second-order valence-corrected chi connectivity index (χ2v) is 6.32. The Balaban J connectivity index is 2.53. The van der Waals surface area contributed by atoms with E-state index in [1.807, 2.05) is 0 Å². The number of hydrogen-bond acceptors (Lipinski definition) is 4. The third kappa shape index (κ3) is 5.82. The molecule has 0 bridgehead atoms. The molecule has 0 heterocycles. The van der Waals surface area contributed by atoms with E-state index in [-0.39, 0.29) is 10.8 Å². The van der Waals surface area contributed by atoms with E-state index in [9.17, 15) is 13.2 Å². The third-order valence-corrected chi connectivity index (χ3v) is 4.07. The van der Waals surface area contributed by atoms with Crippen molar-refractivity contribution < 1.29 is 13.2 Å². The van der Waals surface area contributed by atoms with Crippen LogP contribution in [0.4, 0.5) is 0 Å². The Hall–Kier alpha value is -1.44. The molecule has 0 aliphatic rings. The van der Waals surface area contributed by atoms with Gasteiger partial charge in [-0.15, -0.1) is 0 Å². The molecule has 0 atom stereocenters. The maximum atomic E-state index is 11.9. The van der Waals surface area contributed by atoms with Gasteiger partial charge in [0.05, 0.1) is 4.90 Å². The first kappa shape index (κ1) is 17.6. The number of hydrogen-bond donors (Lipinski definition) is 2. The summed E-state index contributed by atoms with van der Waals surface area (Å²) in [6, 6.07) is 5.58. The van der Waals surface area contributed by atoms with Crippen LogP contribution < -0.4 is 10.5 Å². The van der Waals surface area contributed by atoms with E-state index in [2.05, 4.69) is 24.1 Å². The van der Waals surface area contributed by atoms with E-state index >= 15 is 0 Å². The lowest BCUT2D eigenvalue weighted by atomic mass is 10.2. The average molecular weight is 313 g/mol. The predicted octanol–water partition coefficient (Wildman–Crippen LogP) is 0.796. The molecule has 1 amide bonds. The monoisotopic (exact) mass is 313 g/mol. The minimum absolute atomic E-state index is 0.000783. The summed E-state index contributed by atoms with van der Waals surface area (Å²) in [7, 11) is -3.72. The van der Waals surface area contributed by atoms with Crippen LogP contribution in [0.15, 0.2) is 29.2 Å². The lowest BCUT2D eigenvalue weighted by Gasteiger charge is -2.19. The number of primary sulfonamides is 1. The topological polar surface area (TPSA) is 92.5 Å². The summed E-state index contributed by atoms with van der Waals surface area (Å²) in [4.78, 5) is 14.2. The molecule has 118 valence electrons. The van der Waals surface area contributed by atoms with Gasteiger partial charge in [0, 0.05) is 18.7 Å². The minimum atomic E-state index is -3.72. The fourth-order valence-corrected chi connectivity index (χ4v) is 2.49. The molecule has 6 nitrogen and oxygen atoms in total. The van der Waals surface area contributed by atoms with Gasteiger partial charge >= 0.3 is 0 Å². The second kappa shape index (κ2) is 8.11. The lowest BCUT2D eigenvalue weighted by molar-refractivity contribution is 0.0948. The highest BCUT2D eigenvalue weighted by Gasteiger charge is 2.10. The zero-order valence-corrected chi connectivity index (χ0v) is 13.3. The minimum Gasteiger partial charge on any atom is -0.351 e. The largest absolute Gasteiger partial charge is 0.351 e. The van der Waals surface area contributed by atoms with Crippen molar-refractivity contribution in [3.05, 3.63) is 29.8 Å². The van der Waals surface area contributed by atoms with Crippen molar-refractivity contribution in [2.75, 3.05) is 26.2 Å². The van der Waals surface area contributed by atoms with Gasteiger partial charge in [0.25, 0.3) is 5.91 Å². The molecule has 0 aliphatic heterocycles. The van der Waals surface area contributed by atoms with Crippen LogP contribution >= 0.6 is 0 Å². The zero-order chi connectivity index (χ0) is 15.9. The molecule has 0 unspecified atom stereocenters. The molecule has 0 radical (unpaired) electrons. The van der Waals surface area contributed by atoms with Crippen LogP contribution in [-0.2, 0) is 10.0 Å². The van der Waals surface area contributed by atoms with Crippen LogP contribution in [0, 0.1) is 0 Å². The molecule has 0 saturated heterocycles. The molecule has 1 rings (SSSR count).